The molecular formula is C13H20N2OS. The smallest absolute Gasteiger partial charge is 0.221 e. The number of nitrogens with one attached hydrogen (secondary N) is 2. The van der Waals surface area contributed by atoms with E-state index in [1.54, 1.807) is 0 Å². The van der Waals surface area contributed by atoms with E-state index in [9.17, 15) is 4.79 Å². The second-order valence-electron chi connectivity index (χ2n) is 4.02. The summed E-state index contributed by atoms with van der Waals surface area (Å²) in [6.07, 6.45) is 2.11. The van der Waals surface area contributed by atoms with Crippen molar-refractivity contribution in [3.63, 3.8) is 0 Å². The highest BCUT2D eigenvalue weighted by Gasteiger charge is 2.04. The van der Waals surface area contributed by atoms with E-state index in [2.05, 4.69) is 23.8 Å². The van der Waals surface area contributed by atoms with Gasteiger partial charge in [0, 0.05) is 31.0 Å². The molecule has 1 amide bonds. The molecule has 0 spiro atoms. The number of hydrogen-bond acceptors (Lipinski definition) is 3. The van der Waals surface area contributed by atoms with E-state index in [0.717, 1.165) is 24.3 Å². The Morgan fingerprint density at radius 3 is 2.76 bits per heavy atom. The fourth-order valence-electron chi connectivity index (χ4n) is 1.48. The number of carbonyl (C=O) groups excluding carboxylic acids is 1. The quantitative estimate of drug-likeness (QED) is 0.817. The van der Waals surface area contributed by atoms with Crippen molar-refractivity contribution in [2.75, 3.05) is 18.1 Å². The summed E-state index contributed by atoms with van der Waals surface area (Å²) in [4.78, 5) is 11.1. The van der Waals surface area contributed by atoms with Crippen molar-refractivity contribution in [1.29, 1.82) is 0 Å². The van der Waals surface area contributed by atoms with Gasteiger partial charge in [0.2, 0.25) is 5.91 Å². The molecule has 0 aliphatic rings. The number of benzene rings is 1. The van der Waals surface area contributed by atoms with Crippen molar-refractivity contribution in [2.45, 2.75) is 25.6 Å². The molecule has 1 aromatic rings. The lowest BCUT2D eigenvalue weighted by Gasteiger charge is -2.13. The van der Waals surface area contributed by atoms with E-state index in [4.69, 9.17) is 0 Å². The maximum absolute atomic E-state index is 11.1. The van der Waals surface area contributed by atoms with Crippen LogP contribution >= 0.6 is 11.8 Å². The summed E-state index contributed by atoms with van der Waals surface area (Å²) < 4.78 is 0. The standard InChI is InChI=1S/C13H20N2OS/c1-10(17-3)8-14-9-12-6-4-5-7-13(12)15-11(2)16/h4-7,10,14H,8-9H2,1-3H3,(H,15,16). The molecule has 2 N–H and O–H groups in total. The first kappa shape index (κ1) is 14.1. The van der Waals surface area contributed by atoms with Gasteiger partial charge in [-0.25, -0.2) is 0 Å². The maximum Gasteiger partial charge on any atom is 0.221 e. The summed E-state index contributed by atoms with van der Waals surface area (Å²) in [5.41, 5.74) is 2.01. The van der Waals surface area contributed by atoms with Crippen LogP contribution in [-0.2, 0) is 11.3 Å². The van der Waals surface area contributed by atoms with E-state index in [-0.39, 0.29) is 5.91 Å². The second kappa shape index (κ2) is 7.35. The lowest BCUT2D eigenvalue weighted by molar-refractivity contribution is -0.114. The molecule has 0 saturated carbocycles. The van der Waals surface area contributed by atoms with E-state index < -0.39 is 0 Å². The summed E-state index contributed by atoms with van der Waals surface area (Å²) in [7, 11) is 0. The van der Waals surface area contributed by atoms with Gasteiger partial charge in [-0.15, -0.1) is 0 Å². The van der Waals surface area contributed by atoms with Gasteiger partial charge >= 0.3 is 0 Å². The molecular weight excluding hydrogens is 232 g/mol. The van der Waals surface area contributed by atoms with Gasteiger partial charge in [0.1, 0.15) is 0 Å². The van der Waals surface area contributed by atoms with Crippen LogP contribution in [0.25, 0.3) is 0 Å². The van der Waals surface area contributed by atoms with Crippen molar-refractivity contribution in [3.05, 3.63) is 29.8 Å². The lowest BCUT2D eigenvalue weighted by Crippen LogP contribution is -2.22. The maximum atomic E-state index is 11.1. The lowest BCUT2D eigenvalue weighted by atomic mass is 10.1. The van der Waals surface area contributed by atoms with Crippen LogP contribution in [0.4, 0.5) is 5.69 Å². The van der Waals surface area contributed by atoms with Gasteiger partial charge in [-0.05, 0) is 17.9 Å². The molecule has 1 atom stereocenters. The molecule has 0 fully saturated rings. The fourth-order valence-corrected chi connectivity index (χ4v) is 1.76. The van der Waals surface area contributed by atoms with Crippen molar-refractivity contribution >= 4 is 23.4 Å². The molecule has 0 aromatic heterocycles. The highest BCUT2D eigenvalue weighted by molar-refractivity contribution is 7.99. The topological polar surface area (TPSA) is 41.1 Å². The Kier molecular flexibility index (Phi) is 6.08. The van der Waals surface area contributed by atoms with Crippen LogP contribution in [0.15, 0.2) is 24.3 Å². The van der Waals surface area contributed by atoms with Crippen molar-refractivity contribution in [3.8, 4) is 0 Å². The molecule has 0 aliphatic heterocycles. The van der Waals surface area contributed by atoms with Crippen LogP contribution < -0.4 is 10.6 Å². The predicted molar refractivity (Wildman–Crippen MR) is 75.4 cm³/mol. The molecule has 3 nitrogen and oxygen atoms in total. The van der Waals surface area contributed by atoms with Crippen LogP contribution in [0.3, 0.4) is 0 Å². The molecule has 1 unspecified atom stereocenters. The van der Waals surface area contributed by atoms with Crippen LogP contribution in [0.2, 0.25) is 0 Å². The van der Waals surface area contributed by atoms with E-state index in [1.165, 1.54) is 6.92 Å². The minimum atomic E-state index is -0.0325. The Morgan fingerprint density at radius 2 is 2.12 bits per heavy atom. The average molecular weight is 252 g/mol. The van der Waals surface area contributed by atoms with Crippen molar-refractivity contribution in [1.82, 2.24) is 5.32 Å². The molecule has 1 rings (SSSR count). The Bertz CT molecular complexity index is 368. The number of amides is 1. The van der Waals surface area contributed by atoms with Crippen molar-refractivity contribution < 1.29 is 4.79 Å². The Hall–Kier alpha value is -1.00. The second-order valence-corrected chi connectivity index (χ2v) is 5.29. The molecule has 4 heteroatoms. The SMILES string of the molecule is CSC(C)CNCc1ccccc1NC(C)=O. The third-order valence-electron chi connectivity index (χ3n) is 2.48. The molecule has 17 heavy (non-hydrogen) atoms. The number of para-hydroxylation sites is 1. The first-order valence-corrected chi connectivity index (χ1v) is 7.01. The van der Waals surface area contributed by atoms with Gasteiger partial charge in [0.15, 0.2) is 0 Å². The monoisotopic (exact) mass is 252 g/mol. The summed E-state index contributed by atoms with van der Waals surface area (Å²) in [6.45, 7) is 5.47. The van der Waals surface area contributed by atoms with Gasteiger partial charge in [0.25, 0.3) is 0 Å². The molecule has 0 bridgehead atoms. The van der Waals surface area contributed by atoms with Crippen LogP contribution in [-0.4, -0.2) is 24.0 Å². The zero-order valence-corrected chi connectivity index (χ0v) is 11.4. The van der Waals surface area contributed by atoms with E-state index in [1.807, 2.05) is 36.0 Å². The minimum absolute atomic E-state index is 0.0325. The number of carbonyl (C=O) groups is 1. The Morgan fingerprint density at radius 1 is 1.41 bits per heavy atom. The highest BCUT2D eigenvalue weighted by Crippen LogP contribution is 2.14. The molecule has 0 saturated heterocycles. The summed E-state index contributed by atoms with van der Waals surface area (Å²) >= 11 is 1.84. The normalized spacial score (nSPS) is 12.2. The number of hydrogen-bond donors (Lipinski definition) is 2. The molecule has 94 valence electrons. The van der Waals surface area contributed by atoms with Crippen LogP contribution in [0, 0.1) is 0 Å². The van der Waals surface area contributed by atoms with E-state index in [0.29, 0.717) is 5.25 Å². The zero-order chi connectivity index (χ0) is 12.7. The summed E-state index contributed by atoms with van der Waals surface area (Å²) in [6, 6.07) is 7.87. The highest BCUT2D eigenvalue weighted by atomic mass is 32.2. The number of thioether (sulfide) groups is 1. The first-order chi connectivity index (χ1) is 8.13. The molecule has 1 aromatic carbocycles. The molecule has 0 heterocycles. The largest absolute Gasteiger partial charge is 0.326 e. The molecule has 0 radical (unpaired) electrons. The van der Waals surface area contributed by atoms with E-state index >= 15 is 0 Å². The number of rotatable bonds is 6. The first-order valence-electron chi connectivity index (χ1n) is 5.72. The zero-order valence-electron chi connectivity index (χ0n) is 10.6. The van der Waals surface area contributed by atoms with Gasteiger partial charge < -0.3 is 10.6 Å². The third-order valence-corrected chi connectivity index (χ3v) is 3.45. The van der Waals surface area contributed by atoms with Gasteiger partial charge in [-0.3, -0.25) is 4.79 Å². The summed E-state index contributed by atoms with van der Waals surface area (Å²) in [5, 5.41) is 6.84. The number of anilines is 1. The Labute approximate surface area is 107 Å². The van der Waals surface area contributed by atoms with Gasteiger partial charge in [0.05, 0.1) is 0 Å². The minimum Gasteiger partial charge on any atom is -0.326 e. The van der Waals surface area contributed by atoms with Crippen LogP contribution in [0.1, 0.15) is 19.4 Å². The molecule has 0 aliphatic carbocycles. The average Bonchev–Trinajstić information content (AvgIpc) is 2.30. The fraction of sp³-hybridized carbons (Fsp3) is 0.462. The van der Waals surface area contributed by atoms with Gasteiger partial charge in [-0.2, -0.15) is 11.8 Å². The Balaban J connectivity index is 2.54. The summed E-state index contributed by atoms with van der Waals surface area (Å²) in [5.74, 6) is -0.0325. The third kappa shape index (κ3) is 5.24. The predicted octanol–water partition coefficient (Wildman–Crippen LogP) is 2.49. The van der Waals surface area contributed by atoms with Crippen molar-refractivity contribution in [2.24, 2.45) is 0 Å². The van der Waals surface area contributed by atoms with Crippen LogP contribution in [0.5, 0.6) is 0 Å². The van der Waals surface area contributed by atoms with Gasteiger partial charge in [-0.1, -0.05) is 25.1 Å².